The molecule has 0 unspecified atom stereocenters. The Kier molecular flexibility index (Phi) is 6.03. The number of hydrogen-bond donors (Lipinski definition) is 2. The largest absolute Gasteiger partial charge is 0.239 e. The normalized spacial score (nSPS) is 12.2. The molecule has 0 spiro atoms. The van der Waals surface area contributed by atoms with Gasteiger partial charge >= 0.3 is 0 Å². The van der Waals surface area contributed by atoms with Crippen molar-refractivity contribution in [2.45, 2.75) is 9.79 Å². The van der Waals surface area contributed by atoms with Gasteiger partial charge in [-0.25, -0.2) is 27.1 Å². The number of rotatable bonds is 4. The van der Waals surface area contributed by atoms with E-state index < -0.39 is 20.0 Å². The molecule has 0 fully saturated rings. The zero-order chi connectivity index (χ0) is 23.3. The molecular weight excluding hydrogens is 580 g/mol. The molecule has 0 aliphatic rings. The van der Waals surface area contributed by atoms with Gasteiger partial charge in [0.2, 0.25) is 20.0 Å². The molecule has 0 bridgehead atoms. The fourth-order valence-corrected chi connectivity index (χ4v) is 6.82. The van der Waals surface area contributed by atoms with Crippen LogP contribution >= 0.6 is 31.9 Å². The molecule has 4 aromatic rings. The van der Waals surface area contributed by atoms with Crippen molar-refractivity contribution in [3.8, 4) is 22.3 Å². The van der Waals surface area contributed by atoms with Crippen LogP contribution in [0.2, 0.25) is 0 Å². The van der Waals surface area contributed by atoms with Crippen LogP contribution in [0.15, 0.2) is 91.5 Å². The fraction of sp³-hybridized carbons (Fsp3) is 0. The molecule has 0 radical (unpaired) electrons. The first kappa shape index (κ1) is 23.1. The van der Waals surface area contributed by atoms with Crippen LogP contribution in [0.3, 0.4) is 0 Å². The fourth-order valence-electron chi connectivity index (χ4n) is 3.80. The highest BCUT2D eigenvalue weighted by atomic mass is 79.9. The lowest BCUT2D eigenvalue weighted by Gasteiger charge is -2.22. The van der Waals surface area contributed by atoms with E-state index in [1.165, 1.54) is 0 Å². The molecule has 4 rings (SSSR count). The third-order valence-corrected chi connectivity index (χ3v) is 8.33. The first-order chi connectivity index (χ1) is 15.0. The smallest absolute Gasteiger partial charge is 0.225 e. The van der Waals surface area contributed by atoms with E-state index in [9.17, 15) is 16.8 Å². The third-order valence-electron chi connectivity index (χ3n) is 4.98. The topological polar surface area (TPSA) is 120 Å². The zero-order valence-corrected chi connectivity index (χ0v) is 21.1. The molecule has 0 heterocycles. The summed E-state index contributed by atoms with van der Waals surface area (Å²) in [6.45, 7) is 0. The van der Waals surface area contributed by atoms with E-state index in [4.69, 9.17) is 10.3 Å². The molecule has 4 aromatic carbocycles. The monoisotopic (exact) mass is 594 g/mol. The van der Waals surface area contributed by atoms with Gasteiger partial charge in [0.05, 0.1) is 9.79 Å². The first-order valence-corrected chi connectivity index (χ1v) is 13.8. The van der Waals surface area contributed by atoms with Crippen molar-refractivity contribution in [1.82, 2.24) is 0 Å². The second-order valence-electron chi connectivity index (χ2n) is 7.00. The number of hydrogen-bond acceptors (Lipinski definition) is 4. The van der Waals surface area contributed by atoms with Gasteiger partial charge in [0.15, 0.2) is 0 Å². The summed E-state index contributed by atoms with van der Waals surface area (Å²) in [5, 5.41) is 12.1. The molecule has 0 amide bonds. The maximum absolute atomic E-state index is 13.1. The van der Waals surface area contributed by atoms with E-state index in [-0.39, 0.29) is 20.9 Å². The van der Waals surface area contributed by atoms with E-state index in [2.05, 4.69) is 31.9 Å². The molecule has 0 aromatic heterocycles. The molecule has 10 heteroatoms. The molecule has 0 aliphatic heterocycles. The summed E-state index contributed by atoms with van der Waals surface area (Å²) in [5.74, 6) is 0. The van der Waals surface area contributed by atoms with Crippen molar-refractivity contribution in [3.63, 3.8) is 0 Å². The van der Waals surface area contributed by atoms with Crippen molar-refractivity contribution in [1.29, 1.82) is 0 Å². The van der Waals surface area contributed by atoms with Crippen molar-refractivity contribution in [3.05, 3.63) is 81.7 Å². The van der Waals surface area contributed by atoms with Gasteiger partial charge in [-0.15, -0.1) is 0 Å². The lowest BCUT2D eigenvalue weighted by molar-refractivity contribution is 0.597. The minimum absolute atomic E-state index is 0.0769. The Hall–Kier alpha value is -2.08. The highest BCUT2D eigenvalue weighted by molar-refractivity contribution is 9.11. The van der Waals surface area contributed by atoms with Gasteiger partial charge in [-0.05, 0) is 28.6 Å². The predicted molar refractivity (Wildman–Crippen MR) is 133 cm³/mol. The van der Waals surface area contributed by atoms with Crippen LogP contribution < -0.4 is 10.3 Å². The Balaban J connectivity index is 2.45. The summed E-state index contributed by atoms with van der Waals surface area (Å²) in [4.78, 5) is -0.626. The van der Waals surface area contributed by atoms with Crippen LogP contribution in [0.1, 0.15) is 0 Å². The number of primary sulfonamides is 2. The van der Waals surface area contributed by atoms with Crippen molar-refractivity contribution in [2.75, 3.05) is 0 Å². The summed E-state index contributed by atoms with van der Waals surface area (Å²) in [6.07, 6.45) is 0. The van der Waals surface area contributed by atoms with E-state index in [0.29, 0.717) is 30.8 Å². The minimum atomic E-state index is -4.43. The highest BCUT2D eigenvalue weighted by Crippen LogP contribution is 2.48. The Morgan fingerprint density at radius 2 is 0.938 bits per heavy atom. The van der Waals surface area contributed by atoms with E-state index in [1.807, 2.05) is 0 Å². The Morgan fingerprint density at radius 1 is 0.531 bits per heavy atom. The molecule has 0 aliphatic carbocycles. The standard InChI is InChI=1S/C22H16Br2N2O4S2/c23-17-11-5-3-9-15(17)19-13-7-1-2-8-14(13)21(31(25,27)28)20(22(19)32(26,29)30)16-10-4-6-12-18(16)24/h1-12H,(H2,25,27,28)(H2,26,29,30). The molecule has 164 valence electrons. The molecule has 0 saturated heterocycles. The summed E-state index contributed by atoms with van der Waals surface area (Å²) >= 11 is 6.90. The molecule has 32 heavy (non-hydrogen) atoms. The molecule has 6 nitrogen and oxygen atoms in total. The molecule has 0 atom stereocenters. The van der Waals surface area contributed by atoms with Crippen LogP contribution in [-0.4, -0.2) is 16.8 Å². The van der Waals surface area contributed by atoms with E-state index >= 15 is 0 Å². The SMILES string of the molecule is NS(=O)(=O)c1c(-c2ccccc2Br)c(S(N)(=O)=O)c2ccccc2c1-c1ccccc1Br. The molecule has 4 N–H and O–H groups in total. The highest BCUT2D eigenvalue weighted by Gasteiger charge is 2.32. The van der Waals surface area contributed by atoms with Gasteiger partial charge < -0.3 is 0 Å². The van der Waals surface area contributed by atoms with Crippen molar-refractivity contribution < 1.29 is 16.8 Å². The second kappa shape index (κ2) is 8.36. The lowest BCUT2D eigenvalue weighted by Crippen LogP contribution is -2.20. The third kappa shape index (κ3) is 4.02. The van der Waals surface area contributed by atoms with Gasteiger partial charge in [-0.2, -0.15) is 0 Å². The van der Waals surface area contributed by atoms with Crippen molar-refractivity contribution in [2.24, 2.45) is 10.3 Å². The molecular formula is C22H16Br2N2O4S2. The van der Waals surface area contributed by atoms with Crippen LogP contribution in [0.5, 0.6) is 0 Å². The average Bonchev–Trinajstić information content (AvgIpc) is 2.71. The maximum Gasteiger partial charge on any atom is 0.239 e. The lowest BCUT2D eigenvalue weighted by atomic mass is 9.92. The summed E-state index contributed by atoms with van der Waals surface area (Å²) in [7, 11) is -8.80. The van der Waals surface area contributed by atoms with Gasteiger partial charge in [0.25, 0.3) is 0 Å². The maximum atomic E-state index is 13.1. The Morgan fingerprint density at radius 3 is 1.41 bits per heavy atom. The zero-order valence-electron chi connectivity index (χ0n) is 16.3. The quantitative estimate of drug-likeness (QED) is 0.345. The van der Waals surface area contributed by atoms with Crippen molar-refractivity contribution >= 4 is 62.7 Å². The summed E-state index contributed by atoms with van der Waals surface area (Å²) in [6, 6.07) is 20.4. The number of benzene rings is 4. The molecule has 0 saturated carbocycles. The predicted octanol–water partition coefficient (Wildman–Crippen LogP) is 4.99. The number of halogens is 2. The van der Waals surface area contributed by atoms with E-state index in [0.717, 1.165) is 0 Å². The van der Waals surface area contributed by atoms with Gasteiger partial charge in [-0.1, -0.05) is 92.5 Å². The number of fused-ring (bicyclic) bond motifs is 1. The van der Waals surface area contributed by atoms with E-state index in [1.54, 1.807) is 72.8 Å². The number of nitrogens with two attached hydrogens (primary N) is 2. The van der Waals surface area contributed by atoms with Gasteiger partial charge in [0, 0.05) is 25.5 Å². The van der Waals surface area contributed by atoms with Crippen LogP contribution in [0, 0.1) is 0 Å². The first-order valence-electron chi connectivity index (χ1n) is 9.16. The Labute approximate surface area is 202 Å². The summed E-state index contributed by atoms with van der Waals surface area (Å²) < 4.78 is 53.0. The van der Waals surface area contributed by atoms with Crippen LogP contribution in [-0.2, 0) is 20.0 Å². The average molecular weight is 596 g/mol. The minimum Gasteiger partial charge on any atom is -0.225 e. The van der Waals surface area contributed by atoms with Gasteiger partial charge in [-0.3, -0.25) is 0 Å². The number of sulfonamides is 2. The summed E-state index contributed by atoms with van der Waals surface area (Å²) in [5.41, 5.74) is 1.09. The van der Waals surface area contributed by atoms with Gasteiger partial charge in [0.1, 0.15) is 0 Å². The second-order valence-corrected chi connectivity index (χ2v) is 11.7. The Bertz CT molecular complexity index is 1600. The van der Waals surface area contributed by atoms with Crippen LogP contribution in [0.4, 0.5) is 0 Å². The van der Waals surface area contributed by atoms with Crippen LogP contribution in [0.25, 0.3) is 33.0 Å².